The minimum Gasteiger partial charge on any atom is -0.497 e. The van der Waals surface area contributed by atoms with Crippen LogP contribution < -0.4 is 15.4 Å². The second-order valence-electron chi connectivity index (χ2n) is 7.88. The van der Waals surface area contributed by atoms with Gasteiger partial charge in [-0.3, -0.25) is 4.99 Å². The third-order valence-corrected chi connectivity index (χ3v) is 5.34. The van der Waals surface area contributed by atoms with Gasteiger partial charge in [0.05, 0.1) is 19.7 Å². The van der Waals surface area contributed by atoms with Crippen LogP contribution in [0.2, 0.25) is 0 Å². The zero-order valence-electron chi connectivity index (χ0n) is 19.2. The Morgan fingerprint density at radius 1 is 1.20 bits per heavy atom. The van der Waals surface area contributed by atoms with Gasteiger partial charge in [-0.1, -0.05) is 12.1 Å². The van der Waals surface area contributed by atoms with Crippen molar-refractivity contribution in [2.75, 3.05) is 67.3 Å². The number of likely N-dealkylation sites (N-methyl/N-ethyl adjacent to an activating group) is 1. The van der Waals surface area contributed by atoms with Gasteiger partial charge < -0.3 is 29.7 Å². The highest BCUT2D eigenvalue weighted by Gasteiger charge is 2.15. The van der Waals surface area contributed by atoms with E-state index in [0.29, 0.717) is 12.5 Å². The highest BCUT2D eigenvalue weighted by molar-refractivity contribution is 5.79. The predicted octanol–water partition coefficient (Wildman–Crippen LogP) is 2.69. The van der Waals surface area contributed by atoms with Gasteiger partial charge in [0.15, 0.2) is 5.96 Å². The van der Waals surface area contributed by atoms with Gasteiger partial charge >= 0.3 is 0 Å². The molecule has 1 heterocycles. The van der Waals surface area contributed by atoms with Crippen molar-refractivity contribution >= 4 is 5.96 Å². The van der Waals surface area contributed by atoms with Crippen molar-refractivity contribution < 1.29 is 14.2 Å². The molecule has 0 aliphatic carbocycles. The third kappa shape index (κ3) is 8.90. The fourth-order valence-electron chi connectivity index (χ4n) is 3.46. The highest BCUT2D eigenvalue weighted by atomic mass is 16.5. The normalized spacial score (nSPS) is 16.5. The Bertz CT molecular complexity index is 601. The number of aliphatic imine (C=N–C) groups is 1. The average molecular weight is 421 g/mol. The molecule has 1 saturated heterocycles. The summed E-state index contributed by atoms with van der Waals surface area (Å²) in [7, 11) is 5.86. The van der Waals surface area contributed by atoms with Crippen molar-refractivity contribution in [1.82, 2.24) is 15.5 Å². The van der Waals surface area contributed by atoms with E-state index in [9.17, 15) is 0 Å². The zero-order valence-corrected chi connectivity index (χ0v) is 19.2. The van der Waals surface area contributed by atoms with Crippen LogP contribution in [-0.4, -0.2) is 78.1 Å². The van der Waals surface area contributed by atoms with E-state index >= 15 is 0 Å². The van der Waals surface area contributed by atoms with Crippen LogP contribution in [0.3, 0.4) is 0 Å². The van der Waals surface area contributed by atoms with Crippen molar-refractivity contribution in [3.05, 3.63) is 29.8 Å². The molecule has 1 unspecified atom stereocenters. The second-order valence-corrected chi connectivity index (χ2v) is 7.88. The lowest BCUT2D eigenvalue weighted by Gasteiger charge is -2.24. The lowest BCUT2D eigenvalue weighted by molar-refractivity contribution is 0.0203. The summed E-state index contributed by atoms with van der Waals surface area (Å²) in [6.07, 6.45) is 3.21. The van der Waals surface area contributed by atoms with Gasteiger partial charge in [0.25, 0.3) is 0 Å². The highest BCUT2D eigenvalue weighted by Crippen LogP contribution is 2.21. The first-order chi connectivity index (χ1) is 14.6. The third-order valence-electron chi connectivity index (χ3n) is 5.34. The Kier molecular flexibility index (Phi) is 11.6. The lowest BCUT2D eigenvalue weighted by Crippen LogP contribution is -2.38. The molecule has 0 spiro atoms. The fraction of sp³-hybridized carbons (Fsp3) is 0.696. The van der Waals surface area contributed by atoms with E-state index in [0.717, 1.165) is 70.5 Å². The maximum atomic E-state index is 5.85. The van der Waals surface area contributed by atoms with Crippen LogP contribution in [-0.2, 0) is 9.47 Å². The molecule has 1 fully saturated rings. The summed E-state index contributed by atoms with van der Waals surface area (Å²) in [5.74, 6) is 2.38. The van der Waals surface area contributed by atoms with Crippen LogP contribution in [0.5, 0.6) is 5.75 Å². The van der Waals surface area contributed by atoms with Crippen LogP contribution in [0.25, 0.3) is 0 Å². The molecule has 0 saturated carbocycles. The fourth-order valence-corrected chi connectivity index (χ4v) is 3.46. The van der Waals surface area contributed by atoms with Gasteiger partial charge in [0, 0.05) is 39.5 Å². The van der Waals surface area contributed by atoms with Gasteiger partial charge in [-0.2, -0.15) is 0 Å². The van der Waals surface area contributed by atoms with Crippen LogP contribution in [0.1, 0.15) is 37.8 Å². The Morgan fingerprint density at radius 3 is 2.57 bits per heavy atom. The molecule has 2 rings (SSSR count). The summed E-state index contributed by atoms with van der Waals surface area (Å²) < 4.78 is 16.5. The number of benzene rings is 1. The van der Waals surface area contributed by atoms with Crippen LogP contribution >= 0.6 is 0 Å². The molecular weight excluding hydrogens is 380 g/mol. The number of nitrogens with zero attached hydrogens (tertiary/aromatic N) is 2. The van der Waals surface area contributed by atoms with Crippen LogP contribution in [0.4, 0.5) is 0 Å². The first-order valence-corrected chi connectivity index (χ1v) is 11.1. The molecule has 2 N–H and O–H groups in total. The molecule has 0 aromatic heterocycles. The average Bonchev–Trinajstić information content (AvgIpc) is 2.77. The summed E-state index contributed by atoms with van der Waals surface area (Å²) in [6, 6.07) is 8.41. The molecule has 30 heavy (non-hydrogen) atoms. The maximum Gasteiger partial charge on any atom is 0.191 e. The van der Waals surface area contributed by atoms with Crippen molar-refractivity contribution in [2.45, 2.75) is 32.2 Å². The number of ether oxygens (including phenoxy) is 3. The quantitative estimate of drug-likeness (QED) is 0.308. The molecule has 0 bridgehead atoms. The molecule has 1 aliphatic heterocycles. The molecule has 170 valence electrons. The van der Waals surface area contributed by atoms with E-state index in [2.05, 4.69) is 48.7 Å². The molecule has 7 nitrogen and oxygen atoms in total. The van der Waals surface area contributed by atoms with Crippen molar-refractivity contribution in [3.63, 3.8) is 0 Å². The number of nitrogens with one attached hydrogen (secondary N) is 2. The first-order valence-electron chi connectivity index (χ1n) is 11.1. The van der Waals surface area contributed by atoms with E-state index in [1.807, 2.05) is 12.1 Å². The summed E-state index contributed by atoms with van der Waals surface area (Å²) in [4.78, 5) is 7.01. The number of guanidine groups is 1. The Labute approximate surface area is 182 Å². The minimum absolute atomic E-state index is 0.203. The van der Waals surface area contributed by atoms with Crippen molar-refractivity contribution in [3.8, 4) is 5.75 Å². The molecule has 1 atom stereocenters. The number of hydrogen-bond donors (Lipinski definition) is 2. The molecule has 7 heteroatoms. The standard InChI is InChI=1S/C23H40N4O3/c1-5-24-23(25-13-6-14-30-18-19-11-15-29-16-12-19)26-17-22(27(2)3)20-7-9-21(28-4)10-8-20/h7-10,19,22H,5-6,11-18H2,1-4H3,(H2,24,25,26). The minimum atomic E-state index is 0.203. The van der Waals surface area contributed by atoms with E-state index in [-0.39, 0.29) is 6.04 Å². The number of methoxy groups -OCH3 is 1. The molecular formula is C23H40N4O3. The van der Waals surface area contributed by atoms with Gasteiger partial charge in [0.2, 0.25) is 0 Å². The second kappa shape index (κ2) is 14.2. The number of hydrogen-bond acceptors (Lipinski definition) is 5. The zero-order chi connectivity index (χ0) is 21.6. The van der Waals surface area contributed by atoms with Crippen LogP contribution in [0, 0.1) is 5.92 Å². The van der Waals surface area contributed by atoms with E-state index in [1.54, 1.807) is 7.11 Å². The maximum absolute atomic E-state index is 5.85. The molecule has 1 aliphatic rings. The first kappa shape index (κ1) is 24.4. The summed E-state index contributed by atoms with van der Waals surface area (Å²) in [5.41, 5.74) is 1.22. The summed E-state index contributed by atoms with van der Waals surface area (Å²) in [6.45, 7) is 7.82. The van der Waals surface area contributed by atoms with Gasteiger partial charge in [-0.25, -0.2) is 0 Å². The van der Waals surface area contributed by atoms with Crippen molar-refractivity contribution in [1.29, 1.82) is 0 Å². The molecule has 0 radical (unpaired) electrons. The Balaban J connectivity index is 1.76. The Morgan fingerprint density at radius 2 is 1.93 bits per heavy atom. The van der Waals surface area contributed by atoms with Crippen molar-refractivity contribution in [2.24, 2.45) is 10.9 Å². The SMILES string of the molecule is CCNC(=NCC(c1ccc(OC)cc1)N(C)C)NCCCOCC1CCOCC1. The van der Waals surface area contributed by atoms with E-state index < -0.39 is 0 Å². The lowest BCUT2D eigenvalue weighted by atomic mass is 10.0. The molecule has 1 aromatic rings. The van der Waals surface area contributed by atoms with Crippen LogP contribution in [0.15, 0.2) is 29.3 Å². The summed E-state index contributed by atoms with van der Waals surface area (Å²) >= 11 is 0. The summed E-state index contributed by atoms with van der Waals surface area (Å²) in [5, 5.41) is 6.76. The van der Waals surface area contributed by atoms with E-state index in [4.69, 9.17) is 19.2 Å². The van der Waals surface area contributed by atoms with Gasteiger partial charge in [-0.15, -0.1) is 0 Å². The monoisotopic (exact) mass is 420 g/mol. The largest absolute Gasteiger partial charge is 0.497 e. The number of rotatable bonds is 12. The predicted molar refractivity (Wildman–Crippen MR) is 122 cm³/mol. The molecule has 1 aromatic carbocycles. The Hall–Kier alpha value is -1.83. The van der Waals surface area contributed by atoms with E-state index in [1.165, 1.54) is 5.56 Å². The van der Waals surface area contributed by atoms with Gasteiger partial charge in [-0.05, 0) is 63.9 Å². The topological polar surface area (TPSA) is 67.4 Å². The van der Waals surface area contributed by atoms with Gasteiger partial charge in [0.1, 0.15) is 5.75 Å². The molecule has 0 amide bonds. The smallest absolute Gasteiger partial charge is 0.191 e.